The number of nitrogens with one attached hydrogen (secondary N) is 1. The molecule has 0 radical (unpaired) electrons. The van der Waals surface area contributed by atoms with Crippen LogP contribution in [-0.4, -0.2) is 52.4 Å². The van der Waals surface area contributed by atoms with Gasteiger partial charge in [-0.15, -0.1) is 0 Å². The second-order valence-electron chi connectivity index (χ2n) is 9.48. The average molecular weight is 507 g/mol. The first-order valence-electron chi connectivity index (χ1n) is 12.4. The molecule has 0 saturated carbocycles. The van der Waals surface area contributed by atoms with Crippen LogP contribution in [0.1, 0.15) is 32.9 Å². The van der Waals surface area contributed by atoms with Gasteiger partial charge < -0.3 is 24.3 Å². The molecule has 0 atom stereocenters. The van der Waals surface area contributed by atoms with Gasteiger partial charge in [0.15, 0.2) is 5.88 Å². The highest BCUT2D eigenvalue weighted by Crippen LogP contribution is 2.32. The number of rotatable bonds is 7. The minimum absolute atomic E-state index is 0.0162. The zero-order chi connectivity index (χ0) is 26.8. The topological polar surface area (TPSA) is 82.8 Å². The van der Waals surface area contributed by atoms with Crippen LogP contribution in [0.3, 0.4) is 0 Å². The van der Waals surface area contributed by atoms with Crippen molar-refractivity contribution < 1.29 is 14.6 Å². The van der Waals surface area contributed by atoms with Gasteiger partial charge in [-0.25, -0.2) is 9.79 Å². The van der Waals surface area contributed by atoms with Crippen molar-refractivity contribution in [2.45, 2.75) is 13.5 Å². The zero-order valence-electron chi connectivity index (χ0n) is 21.9. The van der Waals surface area contributed by atoms with Gasteiger partial charge in [-0.3, -0.25) is 0 Å². The molecule has 7 nitrogen and oxygen atoms in total. The van der Waals surface area contributed by atoms with E-state index in [9.17, 15) is 9.90 Å². The number of hydrogen-bond donors (Lipinski definition) is 2. The molecular weight excluding hydrogens is 476 g/mol. The van der Waals surface area contributed by atoms with E-state index in [4.69, 9.17) is 9.73 Å². The summed E-state index contributed by atoms with van der Waals surface area (Å²) >= 11 is 0. The zero-order valence-corrected chi connectivity index (χ0v) is 21.9. The molecule has 2 N–H and O–H groups in total. The lowest BCUT2D eigenvalue weighted by Gasteiger charge is -2.15. The molecule has 0 aliphatic carbocycles. The lowest BCUT2D eigenvalue weighted by molar-refractivity contribution is 0.0601. The number of benzene rings is 3. The van der Waals surface area contributed by atoms with Gasteiger partial charge in [0.1, 0.15) is 0 Å². The van der Waals surface area contributed by atoms with Crippen LogP contribution in [0.4, 0.5) is 5.69 Å². The molecule has 2 aromatic heterocycles. The van der Waals surface area contributed by atoms with Crippen molar-refractivity contribution >= 4 is 28.3 Å². The molecule has 0 amide bonds. The number of methoxy groups -OCH3 is 1. The maximum atomic E-state index is 12.0. The predicted molar refractivity (Wildman–Crippen MR) is 151 cm³/mol. The Bertz CT molecular complexity index is 1630. The standard InChI is InChI=1S/C31H30N4O3/c1-20-10-14-25(19-34(2)3)35(20)24-15-12-23(13-16-24)32-29(21-8-6-5-7-9-21)28-26-17-11-22(31(37)38-4)18-27(26)33-30(28)36/h5-18,33,36H,19H2,1-4H3. The van der Waals surface area contributed by atoms with Crippen molar-refractivity contribution in [3.8, 4) is 11.6 Å². The van der Waals surface area contributed by atoms with Gasteiger partial charge in [0, 0.05) is 40.1 Å². The second kappa shape index (κ2) is 10.4. The fourth-order valence-corrected chi connectivity index (χ4v) is 4.74. The van der Waals surface area contributed by atoms with Crippen molar-refractivity contribution in [3.05, 3.63) is 113 Å². The van der Waals surface area contributed by atoms with Crippen molar-refractivity contribution in [1.29, 1.82) is 0 Å². The van der Waals surface area contributed by atoms with Crippen molar-refractivity contribution in [3.63, 3.8) is 0 Å². The first-order chi connectivity index (χ1) is 18.4. The number of esters is 1. The number of nitrogens with zero attached hydrogens (tertiary/aromatic N) is 3. The van der Waals surface area contributed by atoms with E-state index in [2.05, 4.69) is 59.7 Å². The maximum absolute atomic E-state index is 12.0. The summed E-state index contributed by atoms with van der Waals surface area (Å²) in [6.45, 7) is 2.94. The van der Waals surface area contributed by atoms with Gasteiger partial charge in [-0.05, 0) is 69.6 Å². The van der Waals surface area contributed by atoms with Gasteiger partial charge >= 0.3 is 5.97 Å². The summed E-state index contributed by atoms with van der Waals surface area (Å²) < 4.78 is 7.09. The monoisotopic (exact) mass is 506 g/mol. The summed E-state index contributed by atoms with van der Waals surface area (Å²) in [5.41, 5.74) is 7.27. The molecular formula is C31H30N4O3. The van der Waals surface area contributed by atoms with E-state index in [0.717, 1.165) is 34.6 Å². The van der Waals surface area contributed by atoms with E-state index in [1.165, 1.54) is 12.8 Å². The Morgan fingerprint density at radius 3 is 2.39 bits per heavy atom. The van der Waals surface area contributed by atoms with Crippen LogP contribution in [0.2, 0.25) is 0 Å². The number of ether oxygens (including phenoxy) is 1. The van der Waals surface area contributed by atoms with Crippen LogP contribution >= 0.6 is 0 Å². The van der Waals surface area contributed by atoms with Crippen LogP contribution in [-0.2, 0) is 11.3 Å². The van der Waals surface area contributed by atoms with Gasteiger partial charge in [0.05, 0.1) is 29.6 Å². The fourth-order valence-electron chi connectivity index (χ4n) is 4.74. The molecule has 192 valence electrons. The van der Waals surface area contributed by atoms with Gasteiger partial charge in [0.2, 0.25) is 0 Å². The highest BCUT2D eigenvalue weighted by atomic mass is 16.5. The van der Waals surface area contributed by atoms with E-state index >= 15 is 0 Å². The van der Waals surface area contributed by atoms with Crippen LogP contribution in [0, 0.1) is 6.92 Å². The number of aromatic nitrogens is 2. The number of aliphatic imine (C=N–C) groups is 1. The van der Waals surface area contributed by atoms with Crippen molar-refractivity contribution in [2.75, 3.05) is 21.2 Å². The summed E-state index contributed by atoms with van der Waals surface area (Å²) in [7, 11) is 5.47. The molecule has 0 bridgehead atoms. The average Bonchev–Trinajstić information content (AvgIpc) is 3.44. The second-order valence-corrected chi connectivity index (χ2v) is 9.48. The molecule has 5 aromatic rings. The quantitative estimate of drug-likeness (QED) is 0.210. The molecule has 5 rings (SSSR count). The Morgan fingerprint density at radius 2 is 1.71 bits per heavy atom. The lowest BCUT2D eigenvalue weighted by atomic mass is 10.00. The number of fused-ring (bicyclic) bond motifs is 1. The molecule has 0 spiro atoms. The Hall–Kier alpha value is -4.62. The fraction of sp³-hybridized carbons (Fsp3) is 0.161. The van der Waals surface area contributed by atoms with E-state index in [-0.39, 0.29) is 5.88 Å². The largest absolute Gasteiger partial charge is 0.494 e. The number of aryl methyl sites for hydroxylation is 1. The number of H-pyrrole nitrogens is 1. The molecule has 3 aromatic carbocycles. The van der Waals surface area contributed by atoms with Crippen LogP contribution in [0.25, 0.3) is 16.6 Å². The Morgan fingerprint density at radius 1 is 0.974 bits per heavy atom. The summed E-state index contributed by atoms with van der Waals surface area (Å²) in [5.74, 6) is -0.455. The molecule has 7 heteroatoms. The summed E-state index contributed by atoms with van der Waals surface area (Å²) in [5, 5.41) is 11.7. The first-order valence-corrected chi connectivity index (χ1v) is 12.4. The minimum Gasteiger partial charge on any atom is -0.494 e. The molecule has 0 fully saturated rings. The van der Waals surface area contributed by atoms with Crippen LogP contribution < -0.4 is 0 Å². The number of hydrogen-bond acceptors (Lipinski definition) is 5. The van der Waals surface area contributed by atoms with E-state index in [1.807, 2.05) is 42.5 Å². The van der Waals surface area contributed by atoms with Gasteiger partial charge in [0.25, 0.3) is 0 Å². The van der Waals surface area contributed by atoms with E-state index in [1.54, 1.807) is 18.2 Å². The maximum Gasteiger partial charge on any atom is 0.337 e. The number of carbonyl (C=O) groups is 1. The summed E-state index contributed by atoms with van der Waals surface area (Å²) in [6.07, 6.45) is 0. The molecule has 2 heterocycles. The van der Waals surface area contributed by atoms with E-state index in [0.29, 0.717) is 22.4 Å². The smallest absolute Gasteiger partial charge is 0.337 e. The number of aromatic hydroxyl groups is 1. The highest BCUT2D eigenvalue weighted by Gasteiger charge is 2.20. The normalized spacial score (nSPS) is 11.9. The van der Waals surface area contributed by atoms with Crippen molar-refractivity contribution in [1.82, 2.24) is 14.5 Å². The third-order valence-electron chi connectivity index (χ3n) is 6.47. The molecule has 38 heavy (non-hydrogen) atoms. The lowest BCUT2D eigenvalue weighted by Crippen LogP contribution is -2.14. The summed E-state index contributed by atoms with van der Waals surface area (Å²) in [4.78, 5) is 22.2. The Balaban J connectivity index is 1.60. The van der Waals surface area contributed by atoms with Crippen LogP contribution in [0.15, 0.2) is 89.9 Å². The first kappa shape index (κ1) is 25.0. The summed E-state index contributed by atoms with van der Waals surface area (Å²) in [6, 6.07) is 27.3. The third kappa shape index (κ3) is 4.84. The number of aromatic amines is 1. The van der Waals surface area contributed by atoms with Gasteiger partial charge in [-0.1, -0.05) is 36.4 Å². The Labute approximate surface area is 221 Å². The minimum atomic E-state index is -0.439. The molecule has 0 unspecified atom stereocenters. The van der Waals surface area contributed by atoms with Crippen LogP contribution in [0.5, 0.6) is 5.88 Å². The molecule has 0 aliphatic rings. The number of carbonyl (C=O) groups excluding carboxylic acids is 1. The predicted octanol–water partition coefficient (Wildman–Crippen LogP) is 5.99. The SMILES string of the molecule is COC(=O)c1ccc2c(C(=Nc3ccc(-n4c(C)ccc4CN(C)C)cc3)c3ccccc3)c(O)[nH]c2c1. The van der Waals surface area contributed by atoms with E-state index < -0.39 is 5.97 Å². The highest BCUT2D eigenvalue weighted by molar-refractivity contribution is 6.22. The Kier molecular flexibility index (Phi) is 6.85. The third-order valence-corrected chi connectivity index (χ3v) is 6.47. The van der Waals surface area contributed by atoms with Gasteiger partial charge in [-0.2, -0.15) is 0 Å². The molecule has 0 aliphatic heterocycles. The molecule has 0 saturated heterocycles. The van der Waals surface area contributed by atoms with Crippen molar-refractivity contribution in [2.24, 2.45) is 4.99 Å².